The van der Waals surface area contributed by atoms with Gasteiger partial charge in [-0.15, -0.1) is 0 Å². The Labute approximate surface area is 238 Å². The van der Waals surface area contributed by atoms with E-state index in [4.69, 9.17) is 18.9 Å². The number of carbonyl (C=O) groups excluding carboxylic acids is 2. The van der Waals surface area contributed by atoms with Crippen LogP contribution in [0.3, 0.4) is 0 Å². The zero-order chi connectivity index (χ0) is 29.1. The highest BCUT2D eigenvalue weighted by atomic mass is 16.5. The van der Waals surface area contributed by atoms with E-state index >= 15 is 0 Å². The fourth-order valence-corrected chi connectivity index (χ4v) is 5.50. The topological polar surface area (TPSA) is 120 Å². The first-order valence-electron chi connectivity index (χ1n) is 13.5. The number of Topliss-reactive ketones (excluding diaryl/α,β-unsaturated/α-hetero) is 1. The molecule has 216 valence electrons. The zero-order valence-corrected chi connectivity index (χ0v) is 23.6. The van der Waals surface area contributed by atoms with Crippen molar-refractivity contribution in [2.75, 3.05) is 60.7 Å². The molecule has 0 saturated carbocycles. The summed E-state index contributed by atoms with van der Waals surface area (Å²) in [5.41, 5.74) is 1.97. The van der Waals surface area contributed by atoms with Gasteiger partial charge in [0, 0.05) is 16.8 Å². The van der Waals surface area contributed by atoms with Crippen LogP contribution in [0.1, 0.15) is 22.9 Å². The number of methoxy groups -OCH3 is 3. The molecule has 0 aliphatic carbocycles. The van der Waals surface area contributed by atoms with E-state index in [1.165, 1.54) is 37.3 Å². The number of nitrogens with one attached hydrogen (secondary N) is 1. The number of para-hydroxylation sites is 1. The van der Waals surface area contributed by atoms with Crippen LogP contribution in [0.2, 0.25) is 0 Å². The third-order valence-corrected chi connectivity index (χ3v) is 7.69. The van der Waals surface area contributed by atoms with E-state index in [1.807, 2.05) is 30.3 Å². The Hall–Kier alpha value is -4.35. The van der Waals surface area contributed by atoms with Crippen molar-refractivity contribution in [3.05, 3.63) is 71.1 Å². The minimum atomic E-state index is -0.948. The molecule has 1 atom stereocenters. The average molecular weight is 563 g/mol. The molecule has 0 spiro atoms. The molecule has 2 saturated heterocycles. The summed E-state index contributed by atoms with van der Waals surface area (Å²) in [4.78, 5) is 29.9. The molecular weight excluding hydrogens is 528 g/mol. The lowest BCUT2D eigenvalue weighted by Gasteiger charge is -2.30. The predicted molar refractivity (Wildman–Crippen MR) is 147 cm³/mol. The van der Waals surface area contributed by atoms with Gasteiger partial charge < -0.3 is 33.9 Å². The maximum atomic E-state index is 14.1. The number of ether oxygens (including phenoxy) is 4. The molecule has 41 heavy (non-hydrogen) atoms. The highest BCUT2D eigenvalue weighted by molar-refractivity contribution is 6.46. The number of quaternary nitrogens is 1. The third kappa shape index (κ3) is 5.25. The van der Waals surface area contributed by atoms with Crippen molar-refractivity contribution < 1.29 is 38.5 Å². The molecule has 0 radical (unpaired) electrons. The summed E-state index contributed by atoms with van der Waals surface area (Å²) in [5, 5.41) is 18.6. The van der Waals surface area contributed by atoms with Crippen LogP contribution in [0.25, 0.3) is 11.4 Å². The van der Waals surface area contributed by atoms with Crippen LogP contribution in [0.5, 0.6) is 17.2 Å². The summed E-state index contributed by atoms with van der Waals surface area (Å²) in [7, 11) is 4.47. The molecule has 3 aromatic rings. The van der Waals surface area contributed by atoms with E-state index in [0.717, 1.165) is 18.8 Å². The molecule has 11 heteroatoms. The minimum absolute atomic E-state index is 0.128. The van der Waals surface area contributed by atoms with Gasteiger partial charge in [-0.3, -0.25) is 9.59 Å². The highest BCUT2D eigenvalue weighted by Crippen LogP contribution is 2.45. The van der Waals surface area contributed by atoms with Gasteiger partial charge in [0.25, 0.3) is 5.91 Å². The van der Waals surface area contributed by atoms with Crippen LogP contribution in [-0.2, 0) is 14.3 Å². The summed E-state index contributed by atoms with van der Waals surface area (Å²) in [6.07, 6.45) is 1.45. The SMILES string of the molecule is COc1cc(C2C(=C([O-])c3cnn(-c4ccccc4)c3C)C(=O)C(=O)N2CC[NH+]2CCOCC2)cc(OC)c1OC. The fourth-order valence-electron chi connectivity index (χ4n) is 5.50. The summed E-state index contributed by atoms with van der Waals surface area (Å²) in [6.45, 7) is 5.54. The van der Waals surface area contributed by atoms with Crippen molar-refractivity contribution in [2.24, 2.45) is 0 Å². The maximum Gasteiger partial charge on any atom is 0.295 e. The van der Waals surface area contributed by atoms with E-state index in [-0.39, 0.29) is 17.7 Å². The Bertz CT molecular complexity index is 1440. The summed E-state index contributed by atoms with van der Waals surface area (Å²) < 4.78 is 23.7. The molecule has 0 bridgehead atoms. The molecule has 1 N–H and O–H groups in total. The van der Waals surface area contributed by atoms with Crippen molar-refractivity contribution in [3.8, 4) is 22.9 Å². The lowest BCUT2D eigenvalue weighted by atomic mass is 9.94. The van der Waals surface area contributed by atoms with Gasteiger partial charge in [-0.2, -0.15) is 5.10 Å². The van der Waals surface area contributed by atoms with Crippen LogP contribution >= 0.6 is 0 Å². The van der Waals surface area contributed by atoms with E-state index < -0.39 is 23.5 Å². The fraction of sp³-hybridized carbons (Fsp3) is 0.367. The van der Waals surface area contributed by atoms with E-state index in [0.29, 0.717) is 48.3 Å². The molecule has 1 unspecified atom stereocenters. The number of carbonyl (C=O) groups is 2. The average Bonchev–Trinajstić information content (AvgIpc) is 3.52. The molecule has 11 nitrogen and oxygen atoms in total. The number of likely N-dealkylation sites (tertiary alicyclic amines) is 1. The Morgan fingerprint density at radius 2 is 1.71 bits per heavy atom. The second-order valence-electron chi connectivity index (χ2n) is 9.94. The summed E-state index contributed by atoms with van der Waals surface area (Å²) in [5.74, 6) is -1.00. The van der Waals surface area contributed by atoms with E-state index in [2.05, 4.69) is 5.10 Å². The van der Waals surface area contributed by atoms with Gasteiger partial charge in [-0.25, -0.2) is 4.68 Å². The van der Waals surface area contributed by atoms with Crippen molar-refractivity contribution in [1.29, 1.82) is 0 Å². The van der Waals surface area contributed by atoms with Gasteiger partial charge in [-0.1, -0.05) is 24.0 Å². The molecule has 2 aromatic carbocycles. The molecule has 5 rings (SSSR count). The summed E-state index contributed by atoms with van der Waals surface area (Å²) in [6, 6.07) is 11.8. The van der Waals surface area contributed by atoms with Crippen molar-refractivity contribution in [3.63, 3.8) is 0 Å². The van der Waals surface area contributed by atoms with E-state index in [1.54, 1.807) is 23.7 Å². The first-order valence-corrected chi connectivity index (χ1v) is 13.5. The number of amides is 1. The summed E-state index contributed by atoms with van der Waals surface area (Å²) >= 11 is 0. The quantitative estimate of drug-likeness (QED) is 0.225. The molecule has 1 amide bonds. The largest absolute Gasteiger partial charge is 0.872 e. The number of ketones is 1. The molecule has 2 fully saturated rings. The van der Waals surface area contributed by atoms with Crippen LogP contribution in [-0.4, -0.2) is 87.1 Å². The lowest BCUT2D eigenvalue weighted by Crippen LogP contribution is -3.14. The molecule has 3 heterocycles. The van der Waals surface area contributed by atoms with Gasteiger partial charge in [0.2, 0.25) is 11.5 Å². The number of rotatable bonds is 9. The van der Waals surface area contributed by atoms with Crippen molar-refractivity contribution >= 4 is 17.4 Å². The van der Waals surface area contributed by atoms with Gasteiger partial charge in [0.15, 0.2) is 11.5 Å². The zero-order valence-electron chi connectivity index (χ0n) is 23.6. The first-order chi connectivity index (χ1) is 19.9. The second kappa shape index (κ2) is 12.0. The first kappa shape index (κ1) is 28.2. The molecular formula is C30H34N4O7. The molecule has 2 aliphatic heterocycles. The standard InChI is InChI=1S/C30H34N4O7/c1-19-22(18-31-34(19)21-8-6-5-7-9-21)27(35)25-26(20-16-23(38-2)29(40-4)24(17-20)39-3)33(30(37)28(25)36)11-10-32-12-14-41-15-13-32/h5-9,16-18,26,35H,10-15H2,1-4H3. The highest BCUT2D eigenvalue weighted by Gasteiger charge is 2.45. The second-order valence-corrected chi connectivity index (χ2v) is 9.94. The normalized spacial score (nSPS) is 19.0. The van der Waals surface area contributed by atoms with Gasteiger partial charge in [-0.05, 0) is 36.8 Å². The number of morpholine rings is 1. The lowest BCUT2D eigenvalue weighted by molar-refractivity contribution is -0.907. The van der Waals surface area contributed by atoms with Crippen molar-refractivity contribution in [1.82, 2.24) is 14.7 Å². The molecule has 2 aliphatic rings. The minimum Gasteiger partial charge on any atom is -0.872 e. The Balaban J connectivity index is 1.63. The predicted octanol–water partition coefficient (Wildman–Crippen LogP) is 0.346. The van der Waals surface area contributed by atoms with Gasteiger partial charge in [0.1, 0.15) is 13.1 Å². The van der Waals surface area contributed by atoms with Crippen LogP contribution in [0.4, 0.5) is 0 Å². The Morgan fingerprint density at radius 3 is 2.32 bits per heavy atom. The Morgan fingerprint density at radius 1 is 1.05 bits per heavy atom. The monoisotopic (exact) mass is 562 g/mol. The van der Waals surface area contributed by atoms with Gasteiger partial charge in [0.05, 0.1) is 65.6 Å². The molecule has 1 aromatic heterocycles. The number of benzene rings is 2. The third-order valence-electron chi connectivity index (χ3n) is 7.69. The van der Waals surface area contributed by atoms with Crippen LogP contribution < -0.4 is 24.2 Å². The van der Waals surface area contributed by atoms with Gasteiger partial charge >= 0.3 is 0 Å². The van der Waals surface area contributed by atoms with Crippen LogP contribution in [0, 0.1) is 6.92 Å². The maximum absolute atomic E-state index is 14.1. The number of aromatic nitrogens is 2. The number of hydrogen-bond acceptors (Lipinski definition) is 8. The number of hydrogen-bond donors (Lipinski definition) is 1. The smallest absolute Gasteiger partial charge is 0.295 e. The Kier molecular flexibility index (Phi) is 8.27. The van der Waals surface area contributed by atoms with Crippen molar-refractivity contribution in [2.45, 2.75) is 13.0 Å². The number of nitrogens with zero attached hydrogens (tertiary/aromatic N) is 3. The van der Waals surface area contributed by atoms with E-state index in [9.17, 15) is 14.7 Å². The van der Waals surface area contributed by atoms with Crippen LogP contribution in [0.15, 0.2) is 54.2 Å².